The second-order valence-corrected chi connectivity index (χ2v) is 12.3. The molecule has 2 aliphatic rings. The van der Waals surface area contributed by atoms with E-state index in [9.17, 15) is 26.4 Å². The Balaban J connectivity index is 1.42. The zero-order valence-corrected chi connectivity index (χ0v) is 22.2. The second-order valence-electron chi connectivity index (χ2n) is 10.3. The minimum absolute atomic E-state index is 0.122. The molecule has 1 amide bonds. The number of benzene rings is 1. The summed E-state index contributed by atoms with van der Waals surface area (Å²) in [6.07, 6.45) is 0.372. The topological polar surface area (TPSA) is 124 Å². The van der Waals surface area contributed by atoms with E-state index in [0.29, 0.717) is 29.6 Å². The van der Waals surface area contributed by atoms with Crippen molar-refractivity contribution in [2.45, 2.75) is 54.8 Å². The average molecular weight is 571 g/mol. The van der Waals surface area contributed by atoms with Crippen LogP contribution in [0.15, 0.2) is 59.8 Å². The molecule has 1 aromatic carbocycles. The largest absolute Gasteiger partial charge is 0.471 e. The number of pyridine rings is 1. The molecule has 3 aromatic heterocycles. The monoisotopic (exact) mass is 570 g/mol. The van der Waals surface area contributed by atoms with Crippen molar-refractivity contribution < 1.29 is 26.4 Å². The van der Waals surface area contributed by atoms with Crippen molar-refractivity contribution in [3.63, 3.8) is 0 Å². The maximum atomic E-state index is 13.3. The molecule has 40 heavy (non-hydrogen) atoms. The van der Waals surface area contributed by atoms with Gasteiger partial charge in [0.15, 0.2) is 15.5 Å². The van der Waals surface area contributed by atoms with Crippen LogP contribution in [-0.4, -0.2) is 63.3 Å². The van der Waals surface area contributed by atoms with E-state index in [1.807, 2.05) is 42.5 Å². The van der Waals surface area contributed by atoms with Gasteiger partial charge in [-0.1, -0.05) is 36.4 Å². The number of carbonyl (C=O) groups is 1. The lowest BCUT2D eigenvalue weighted by Crippen LogP contribution is -2.51. The summed E-state index contributed by atoms with van der Waals surface area (Å²) in [6.45, 7) is 0. The first-order valence-electron chi connectivity index (χ1n) is 12.7. The third-order valence-electron chi connectivity index (χ3n) is 7.78. The van der Waals surface area contributed by atoms with Crippen molar-refractivity contribution in [3.05, 3.63) is 60.6 Å². The summed E-state index contributed by atoms with van der Waals surface area (Å²) in [5.74, 6) is -2.48. The lowest BCUT2D eigenvalue weighted by Gasteiger charge is -2.39. The van der Waals surface area contributed by atoms with Crippen LogP contribution in [0.5, 0.6) is 0 Å². The van der Waals surface area contributed by atoms with Crippen LogP contribution in [-0.2, 0) is 14.6 Å². The molecule has 0 radical (unpaired) electrons. The van der Waals surface area contributed by atoms with E-state index in [0.717, 1.165) is 22.4 Å². The van der Waals surface area contributed by atoms with Crippen molar-refractivity contribution in [2.75, 3.05) is 12.0 Å². The lowest BCUT2D eigenvalue weighted by molar-refractivity contribution is -0.190. The minimum atomic E-state index is -4.97. The third kappa shape index (κ3) is 4.37. The molecular formula is C27H25F3N6O3S. The SMILES string of the molecule is CS(=O)(=O)c1c([C@H]2C[C@H]3CC[C@@H](C2)N3C(=O)C(F)(F)F)nc2c(-c3ccc(-c4ccccc4)nc3)cnn2c1N. The van der Waals surface area contributed by atoms with E-state index in [1.165, 1.54) is 10.7 Å². The molecular weight excluding hydrogens is 545 g/mol. The van der Waals surface area contributed by atoms with Crippen LogP contribution in [0, 0.1) is 0 Å². The number of nitrogens with two attached hydrogens (primary N) is 1. The maximum Gasteiger partial charge on any atom is 0.471 e. The van der Waals surface area contributed by atoms with Crippen molar-refractivity contribution in [1.29, 1.82) is 0 Å². The Morgan fingerprint density at radius 1 is 1.00 bits per heavy atom. The van der Waals surface area contributed by atoms with E-state index in [-0.39, 0.29) is 29.2 Å². The number of hydrogen-bond donors (Lipinski definition) is 1. The molecule has 6 rings (SSSR count). The number of rotatable bonds is 4. The molecule has 2 aliphatic heterocycles. The van der Waals surface area contributed by atoms with Gasteiger partial charge < -0.3 is 10.6 Å². The van der Waals surface area contributed by atoms with Gasteiger partial charge in [0.2, 0.25) is 0 Å². The van der Waals surface area contributed by atoms with Gasteiger partial charge in [0.05, 0.1) is 17.6 Å². The van der Waals surface area contributed by atoms with Gasteiger partial charge in [-0.05, 0) is 31.7 Å². The highest BCUT2D eigenvalue weighted by atomic mass is 32.2. The molecule has 3 atom stereocenters. The molecule has 2 bridgehead atoms. The van der Waals surface area contributed by atoms with Gasteiger partial charge in [0, 0.05) is 47.1 Å². The maximum absolute atomic E-state index is 13.3. The van der Waals surface area contributed by atoms with Crippen molar-refractivity contribution in [3.8, 4) is 22.4 Å². The Morgan fingerprint density at radius 2 is 1.68 bits per heavy atom. The van der Waals surface area contributed by atoms with Crippen LogP contribution >= 0.6 is 0 Å². The second kappa shape index (κ2) is 9.29. The number of aromatic nitrogens is 4. The first-order valence-corrected chi connectivity index (χ1v) is 14.6. The molecule has 208 valence electrons. The van der Waals surface area contributed by atoms with Crippen LogP contribution in [0.4, 0.5) is 19.0 Å². The number of fused-ring (bicyclic) bond motifs is 3. The summed E-state index contributed by atoms with van der Waals surface area (Å²) in [4.78, 5) is 22.1. The Labute approximate surface area is 227 Å². The Morgan fingerprint density at radius 3 is 2.25 bits per heavy atom. The van der Waals surface area contributed by atoms with Crippen LogP contribution in [0.25, 0.3) is 28.0 Å². The van der Waals surface area contributed by atoms with Gasteiger partial charge in [-0.15, -0.1) is 0 Å². The lowest BCUT2D eigenvalue weighted by atomic mass is 9.87. The molecule has 2 saturated heterocycles. The number of alkyl halides is 3. The average Bonchev–Trinajstić information content (AvgIpc) is 3.45. The first-order chi connectivity index (χ1) is 18.9. The minimum Gasteiger partial charge on any atom is -0.382 e. The van der Waals surface area contributed by atoms with Gasteiger partial charge in [0.1, 0.15) is 10.7 Å². The van der Waals surface area contributed by atoms with E-state index >= 15 is 0 Å². The molecule has 2 fully saturated rings. The third-order valence-corrected chi connectivity index (χ3v) is 8.94. The van der Waals surface area contributed by atoms with Gasteiger partial charge in [-0.3, -0.25) is 9.78 Å². The van der Waals surface area contributed by atoms with Crippen molar-refractivity contribution in [1.82, 2.24) is 24.5 Å². The highest BCUT2D eigenvalue weighted by Crippen LogP contribution is 2.46. The van der Waals surface area contributed by atoms with Gasteiger partial charge in [0.25, 0.3) is 0 Å². The Hall–Kier alpha value is -4.00. The fraction of sp³-hybridized carbons (Fsp3) is 0.333. The highest BCUT2D eigenvalue weighted by Gasteiger charge is 2.52. The fourth-order valence-corrected chi connectivity index (χ4v) is 7.15. The van der Waals surface area contributed by atoms with Gasteiger partial charge >= 0.3 is 12.1 Å². The Kier molecular flexibility index (Phi) is 6.09. The van der Waals surface area contributed by atoms with E-state index < -0.39 is 39.9 Å². The van der Waals surface area contributed by atoms with Crippen LogP contribution in [0.3, 0.4) is 0 Å². The molecule has 5 heterocycles. The highest BCUT2D eigenvalue weighted by molar-refractivity contribution is 7.91. The Bertz CT molecular complexity index is 1710. The summed E-state index contributed by atoms with van der Waals surface area (Å²) in [5.41, 5.74) is 9.86. The number of nitrogen functional groups attached to an aromatic ring is 1. The van der Waals surface area contributed by atoms with Crippen molar-refractivity contribution >= 4 is 27.2 Å². The van der Waals surface area contributed by atoms with Crippen LogP contribution in [0.2, 0.25) is 0 Å². The smallest absolute Gasteiger partial charge is 0.382 e. The molecule has 0 saturated carbocycles. The summed E-state index contributed by atoms with van der Waals surface area (Å²) < 4.78 is 66.8. The first kappa shape index (κ1) is 26.2. The molecule has 4 aromatic rings. The zero-order chi connectivity index (χ0) is 28.4. The number of piperidine rings is 1. The zero-order valence-electron chi connectivity index (χ0n) is 21.3. The van der Waals surface area contributed by atoms with E-state index in [4.69, 9.17) is 10.7 Å². The summed E-state index contributed by atoms with van der Waals surface area (Å²) in [7, 11) is -3.89. The predicted molar refractivity (Wildman–Crippen MR) is 141 cm³/mol. The van der Waals surface area contributed by atoms with Gasteiger partial charge in [-0.2, -0.15) is 22.8 Å². The summed E-state index contributed by atoms with van der Waals surface area (Å²) in [5, 5.41) is 4.30. The molecule has 0 spiro atoms. The molecule has 0 aliphatic carbocycles. The van der Waals surface area contributed by atoms with E-state index in [1.54, 1.807) is 6.20 Å². The number of amides is 1. The molecule has 0 unspecified atom stereocenters. The number of carbonyl (C=O) groups excluding carboxylic acids is 1. The number of anilines is 1. The predicted octanol–water partition coefficient (Wildman–Crippen LogP) is 4.24. The quantitative estimate of drug-likeness (QED) is 0.389. The number of halogens is 3. The molecule has 9 nitrogen and oxygen atoms in total. The molecule has 2 N–H and O–H groups in total. The normalized spacial score (nSPS) is 21.2. The fourth-order valence-electron chi connectivity index (χ4n) is 6.09. The summed E-state index contributed by atoms with van der Waals surface area (Å²) >= 11 is 0. The molecule has 13 heteroatoms. The standard InChI is InChI=1S/C27H25F3N6O3S/c1-40(38,39)23-22(17-11-18-8-9-19(12-17)35(18)26(37)27(28,29)30)34-25-20(14-33-36(25)24(23)31)16-7-10-21(32-13-16)15-5-3-2-4-6-15/h2-7,10,13-14,17-19H,8-9,11-12,31H2,1H3/t17-,18+,19-. The van der Waals surface area contributed by atoms with Crippen molar-refractivity contribution in [2.24, 2.45) is 0 Å². The number of sulfone groups is 1. The number of nitrogens with zero attached hydrogens (tertiary/aromatic N) is 5. The van der Waals surface area contributed by atoms with E-state index in [2.05, 4.69) is 10.1 Å². The number of hydrogen-bond acceptors (Lipinski definition) is 7. The van der Waals surface area contributed by atoms with Crippen LogP contribution < -0.4 is 5.73 Å². The summed E-state index contributed by atoms with van der Waals surface area (Å²) in [6, 6.07) is 12.0. The van der Waals surface area contributed by atoms with Crippen LogP contribution in [0.1, 0.15) is 37.3 Å². The van der Waals surface area contributed by atoms with Gasteiger partial charge in [-0.25, -0.2) is 13.4 Å².